The first-order chi connectivity index (χ1) is 17.4. The van der Waals surface area contributed by atoms with Crippen molar-refractivity contribution in [3.05, 3.63) is 82.1 Å². The van der Waals surface area contributed by atoms with Crippen LogP contribution >= 0.6 is 26.2 Å². The first kappa shape index (κ1) is 28.7. The molecule has 3 aromatic carbocycles. The van der Waals surface area contributed by atoms with Crippen molar-refractivity contribution >= 4 is 32.1 Å². The molecule has 14 heteroatoms. The molecule has 0 unspecified atom stereocenters. The molecule has 1 amide bonds. The zero-order valence-corrected chi connectivity index (χ0v) is 21.6. The van der Waals surface area contributed by atoms with Crippen LogP contribution in [0.5, 0.6) is 17.2 Å². The van der Waals surface area contributed by atoms with Crippen molar-refractivity contribution < 1.29 is 38.1 Å². The number of benzene rings is 3. The van der Waals surface area contributed by atoms with Gasteiger partial charge in [-0.05, 0) is 77.5 Å². The van der Waals surface area contributed by atoms with Gasteiger partial charge in [0.2, 0.25) is 0 Å². The molecule has 3 aromatic rings. The Morgan fingerprint density at radius 3 is 2.16 bits per heavy atom. The highest BCUT2D eigenvalue weighted by atomic mass is 79.9. The molecule has 3 rings (SSSR count). The van der Waals surface area contributed by atoms with Gasteiger partial charge in [0.05, 0.1) is 22.2 Å². The van der Waals surface area contributed by atoms with Crippen molar-refractivity contribution in [2.45, 2.75) is 17.4 Å². The Hall–Kier alpha value is -3.88. The number of carbonyl (C=O) groups is 1. The van der Waals surface area contributed by atoms with Gasteiger partial charge in [0.1, 0.15) is 23.1 Å². The largest absolute Gasteiger partial charge is 0.486 e. The van der Waals surface area contributed by atoms with Crippen molar-refractivity contribution in [3.63, 3.8) is 0 Å². The van der Waals surface area contributed by atoms with Crippen LogP contribution in [0.3, 0.4) is 0 Å². The van der Waals surface area contributed by atoms with E-state index in [-0.39, 0.29) is 39.4 Å². The van der Waals surface area contributed by atoms with Gasteiger partial charge in [-0.25, -0.2) is 4.39 Å². The maximum Gasteiger partial charge on any atom is 0.310 e. The molecule has 38 heavy (non-hydrogen) atoms. The average molecular weight is 620 g/mol. The molecule has 0 radical (unpaired) electrons. The monoisotopic (exact) mass is 619 g/mol. The smallest absolute Gasteiger partial charge is 0.310 e. The highest BCUT2D eigenvalue weighted by Crippen LogP contribution is 3.02. The third-order valence-electron chi connectivity index (χ3n) is 4.90. The van der Waals surface area contributed by atoms with Crippen LogP contribution in [0.15, 0.2) is 70.0 Å². The number of nitrogens with zero attached hydrogens (tertiary/aromatic N) is 2. The first-order valence-electron chi connectivity index (χ1n) is 10.3. The number of halogens is 7. The van der Waals surface area contributed by atoms with E-state index in [1.165, 1.54) is 31.2 Å². The van der Waals surface area contributed by atoms with Crippen LogP contribution in [0.2, 0.25) is 0 Å². The van der Waals surface area contributed by atoms with Crippen LogP contribution in [0.4, 0.5) is 23.8 Å². The van der Waals surface area contributed by atoms with E-state index in [1.807, 2.05) is 6.07 Å². The topological polar surface area (TPSA) is 95.1 Å². The minimum absolute atomic E-state index is 0.0174. The number of carbonyl (C=O) groups excluding carboxylic acids is 1. The Kier molecular flexibility index (Phi) is 7.14. The molecule has 0 bridgehead atoms. The molecule has 0 saturated carbocycles. The summed E-state index contributed by atoms with van der Waals surface area (Å²) in [6.45, 7) is 0.730. The second kappa shape index (κ2) is 9.45. The highest BCUT2D eigenvalue weighted by molar-refractivity contribution is 9.10. The van der Waals surface area contributed by atoms with Gasteiger partial charge in [0.25, 0.3) is 5.91 Å². The average Bonchev–Trinajstić information content (AvgIpc) is 2.83. The molecule has 0 aromatic heterocycles. The van der Waals surface area contributed by atoms with Gasteiger partial charge < -0.3 is 14.8 Å². The quantitative estimate of drug-likeness (QED) is 0.258. The van der Waals surface area contributed by atoms with Crippen LogP contribution < -0.4 is 14.8 Å². The fourth-order valence-electron chi connectivity index (χ4n) is 2.96. The number of nitriles is 2. The molecule has 0 aliphatic heterocycles. The van der Waals surface area contributed by atoms with Gasteiger partial charge >= 0.3 is 10.2 Å². The number of rotatable bonds is 8. The molecule has 1 atom stereocenters. The summed E-state index contributed by atoms with van der Waals surface area (Å²) >= 11 is 3.16. The molecule has 1 N–H and O–H groups in total. The number of nitrogens with one attached hydrogen (secondary N) is 1. The number of ether oxygens (including phenoxy) is 2. The van der Waals surface area contributed by atoms with Gasteiger partial charge in [-0.15, -0.1) is 0 Å². The lowest BCUT2D eigenvalue weighted by Crippen LogP contribution is -2.49. The Labute approximate surface area is 221 Å². The second-order valence-corrected chi connectivity index (χ2v) is 11.4. The minimum atomic E-state index is -9.92. The van der Waals surface area contributed by atoms with Crippen molar-refractivity contribution in [1.29, 1.82) is 10.5 Å². The SMILES string of the molecule is C[C@@](C#N)(COc1cc(C#N)ccc1Oc1ccc(F)cc1Br)NC(=O)c1ccc(S(F)(F)(F)(F)F)cc1. The lowest BCUT2D eigenvalue weighted by molar-refractivity contribution is 0.0900. The van der Waals surface area contributed by atoms with Crippen molar-refractivity contribution in [1.82, 2.24) is 5.32 Å². The summed E-state index contributed by atoms with van der Waals surface area (Å²) in [7, 11) is -9.92. The molecule has 0 spiro atoms. The second-order valence-electron chi connectivity index (χ2n) is 8.13. The Morgan fingerprint density at radius 1 is 0.974 bits per heavy atom. The minimum Gasteiger partial charge on any atom is -0.486 e. The molecular weight excluding hydrogens is 604 g/mol. The molecule has 0 aliphatic rings. The Bertz CT molecular complexity index is 1490. The molecule has 200 valence electrons. The van der Waals surface area contributed by atoms with E-state index < -0.39 is 44.6 Å². The van der Waals surface area contributed by atoms with E-state index >= 15 is 0 Å². The van der Waals surface area contributed by atoms with Crippen LogP contribution in [-0.2, 0) is 0 Å². The molecule has 0 aliphatic carbocycles. The van der Waals surface area contributed by atoms with Crippen LogP contribution in [0.25, 0.3) is 0 Å². The highest BCUT2D eigenvalue weighted by Gasteiger charge is 2.65. The third-order valence-corrected chi connectivity index (χ3v) is 6.68. The van der Waals surface area contributed by atoms with E-state index in [0.29, 0.717) is 12.1 Å². The molecule has 6 nitrogen and oxygen atoms in total. The maximum atomic E-state index is 13.4. The number of amides is 1. The summed E-state index contributed by atoms with van der Waals surface area (Å²) in [5.74, 6) is -1.29. The zero-order chi connectivity index (χ0) is 28.4. The van der Waals surface area contributed by atoms with Gasteiger partial charge in [-0.3, -0.25) is 4.79 Å². The van der Waals surface area contributed by atoms with Crippen LogP contribution in [0, 0.1) is 28.5 Å². The normalized spacial score (nSPS) is 14.6. The number of hydrogen-bond donors (Lipinski definition) is 1. The molecule has 0 heterocycles. The zero-order valence-electron chi connectivity index (χ0n) is 19.2. The van der Waals surface area contributed by atoms with Crippen molar-refractivity contribution in [2.24, 2.45) is 0 Å². The summed E-state index contributed by atoms with van der Waals surface area (Å²) in [4.78, 5) is 10.4. The summed E-state index contributed by atoms with van der Waals surface area (Å²) in [6, 6.07) is 12.7. The fraction of sp³-hybridized carbons (Fsp3) is 0.125. The van der Waals surface area contributed by atoms with Gasteiger partial charge in [0.15, 0.2) is 17.0 Å². The standard InChI is InChI=1S/C24H16BrF6N3O3S/c1-24(13-33,34-23(35)16-3-6-18(7-4-16)38(27,28,29,30)31)14-36-22-10-15(12-32)2-8-21(22)37-20-9-5-17(26)11-19(20)25/h2-11H,14H2,1H3,(H,34,35)/t24-/m1/s1. The van der Waals surface area contributed by atoms with E-state index in [1.54, 1.807) is 6.07 Å². The Balaban J connectivity index is 1.80. The van der Waals surface area contributed by atoms with Crippen molar-refractivity contribution in [2.75, 3.05) is 6.61 Å². The third kappa shape index (κ3) is 7.12. The van der Waals surface area contributed by atoms with Gasteiger partial charge in [0, 0.05) is 11.6 Å². The van der Waals surface area contributed by atoms with Crippen molar-refractivity contribution in [3.8, 4) is 29.4 Å². The van der Waals surface area contributed by atoms with E-state index in [0.717, 1.165) is 12.1 Å². The van der Waals surface area contributed by atoms with Crippen LogP contribution in [-0.4, -0.2) is 18.1 Å². The lowest BCUT2D eigenvalue weighted by atomic mass is 10.0. The number of hydrogen-bond acceptors (Lipinski definition) is 5. The lowest BCUT2D eigenvalue weighted by Gasteiger charge is -2.40. The summed E-state index contributed by atoms with van der Waals surface area (Å²) in [5.41, 5.74) is -2.00. The fourth-order valence-corrected chi connectivity index (χ4v) is 4.04. The summed E-state index contributed by atoms with van der Waals surface area (Å²) in [6.07, 6.45) is 0. The van der Waals surface area contributed by atoms with E-state index in [4.69, 9.17) is 9.47 Å². The Morgan fingerprint density at radius 2 is 1.61 bits per heavy atom. The molecule has 0 saturated heterocycles. The predicted octanol–water partition coefficient (Wildman–Crippen LogP) is 8.00. The van der Waals surface area contributed by atoms with E-state index in [9.17, 15) is 39.1 Å². The summed E-state index contributed by atoms with van der Waals surface area (Å²) < 4.78 is 89.7. The predicted molar refractivity (Wildman–Crippen MR) is 130 cm³/mol. The molecule has 0 fully saturated rings. The summed E-state index contributed by atoms with van der Waals surface area (Å²) in [5, 5.41) is 21.1. The van der Waals surface area contributed by atoms with E-state index in [2.05, 4.69) is 21.2 Å². The van der Waals surface area contributed by atoms with Gasteiger partial charge in [-0.1, -0.05) is 19.4 Å². The molecular formula is C24H16BrF6N3O3S. The van der Waals surface area contributed by atoms with Gasteiger partial charge in [-0.2, -0.15) is 10.5 Å². The maximum absolute atomic E-state index is 13.4. The van der Waals surface area contributed by atoms with Crippen LogP contribution in [0.1, 0.15) is 22.8 Å². The first-order valence-corrected chi connectivity index (χ1v) is 13.1.